The van der Waals surface area contributed by atoms with E-state index in [1.54, 1.807) is 31.6 Å². The van der Waals surface area contributed by atoms with Crippen molar-refractivity contribution in [3.05, 3.63) is 59.4 Å². The molecule has 6 heteroatoms. The average Bonchev–Trinajstić information content (AvgIpc) is 2.68. The van der Waals surface area contributed by atoms with Crippen LogP contribution in [0.15, 0.2) is 48.8 Å². The number of rotatable bonds is 5. The Balaban J connectivity index is 1.58. The highest BCUT2D eigenvalue weighted by molar-refractivity contribution is 6.31. The molecule has 2 aromatic rings. The van der Waals surface area contributed by atoms with Crippen molar-refractivity contribution < 1.29 is 14.3 Å². The second-order valence-electron chi connectivity index (χ2n) is 6.08. The number of piperidine rings is 1. The van der Waals surface area contributed by atoms with Crippen LogP contribution in [0.1, 0.15) is 18.4 Å². The van der Waals surface area contributed by atoms with Crippen molar-refractivity contribution in [3.63, 3.8) is 0 Å². The van der Waals surface area contributed by atoms with E-state index in [2.05, 4.69) is 4.98 Å². The maximum Gasteiger partial charge on any atom is 0.246 e. The third kappa shape index (κ3) is 4.76. The Morgan fingerprint density at radius 2 is 2.12 bits per heavy atom. The lowest BCUT2D eigenvalue weighted by Crippen LogP contribution is -2.43. The fraction of sp³-hybridized carbons (Fsp3) is 0.300. The highest BCUT2D eigenvalue weighted by Gasteiger charge is 2.24. The van der Waals surface area contributed by atoms with Gasteiger partial charge in [0.1, 0.15) is 22.6 Å². The van der Waals surface area contributed by atoms with E-state index in [9.17, 15) is 4.79 Å². The molecule has 5 nitrogen and oxygen atoms in total. The van der Waals surface area contributed by atoms with Gasteiger partial charge in [0.25, 0.3) is 0 Å². The van der Waals surface area contributed by atoms with Gasteiger partial charge in [-0.25, -0.2) is 0 Å². The Kier molecular flexibility index (Phi) is 6.12. The first-order valence-electron chi connectivity index (χ1n) is 8.53. The quantitative estimate of drug-likeness (QED) is 0.748. The van der Waals surface area contributed by atoms with Crippen molar-refractivity contribution in [3.8, 4) is 11.5 Å². The number of likely N-dealkylation sites (tertiary alicyclic amines) is 1. The molecule has 1 aromatic heterocycles. The number of benzene rings is 1. The number of nitrogens with zero attached hydrogens (tertiary/aromatic N) is 2. The first kappa shape index (κ1) is 18.3. The fourth-order valence-corrected chi connectivity index (χ4v) is 3.02. The van der Waals surface area contributed by atoms with Gasteiger partial charge >= 0.3 is 0 Å². The van der Waals surface area contributed by atoms with Gasteiger partial charge in [-0.1, -0.05) is 23.7 Å². The second-order valence-corrected chi connectivity index (χ2v) is 6.49. The molecule has 3 rings (SSSR count). The van der Waals surface area contributed by atoms with E-state index in [0.29, 0.717) is 17.3 Å². The molecule has 0 N–H and O–H groups in total. The molecule has 1 fully saturated rings. The monoisotopic (exact) mass is 372 g/mol. The number of carbonyl (C=O) groups is 1. The molecule has 136 valence electrons. The topological polar surface area (TPSA) is 51.7 Å². The van der Waals surface area contributed by atoms with Crippen LogP contribution in [0.25, 0.3) is 6.08 Å². The van der Waals surface area contributed by atoms with Crippen molar-refractivity contribution >= 4 is 23.6 Å². The van der Waals surface area contributed by atoms with Gasteiger partial charge in [-0.05, 0) is 36.6 Å². The van der Waals surface area contributed by atoms with Crippen LogP contribution < -0.4 is 9.47 Å². The van der Waals surface area contributed by atoms with Crippen molar-refractivity contribution in [1.29, 1.82) is 0 Å². The summed E-state index contributed by atoms with van der Waals surface area (Å²) in [5, 5.41) is 0.482. The van der Waals surface area contributed by atoms with E-state index < -0.39 is 0 Å². The van der Waals surface area contributed by atoms with Gasteiger partial charge in [-0.2, -0.15) is 0 Å². The van der Waals surface area contributed by atoms with Gasteiger partial charge in [-0.3, -0.25) is 9.78 Å². The summed E-state index contributed by atoms with van der Waals surface area (Å²) in [6.45, 7) is 1.28. The second kappa shape index (κ2) is 8.72. The summed E-state index contributed by atoms with van der Waals surface area (Å²) in [6.07, 6.45) is 8.34. The predicted molar refractivity (Wildman–Crippen MR) is 102 cm³/mol. The Morgan fingerprint density at radius 1 is 1.31 bits per heavy atom. The molecule has 1 aliphatic rings. The van der Waals surface area contributed by atoms with Crippen LogP contribution in [0.4, 0.5) is 0 Å². The maximum atomic E-state index is 12.5. The predicted octanol–water partition coefficient (Wildman–Crippen LogP) is 3.83. The summed E-state index contributed by atoms with van der Waals surface area (Å²) in [5.74, 6) is 1.38. The molecule has 1 aliphatic heterocycles. The summed E-state index contributed by atoms with van der Waals surface area (Å²) in [6, 6.07) is 9.31. The number of pyridine rings is 1. The normalized spacial score (nSPS) is 17.3. The number of aromatic nitrogens is 1. The number of hydrogen-bond donors (Lipinski definition) is 0. The lowest BCUT2D eigenvalue weighted by Gasteiger charge is -2.32. The van der Waals surface area contributed by atoms with Crippen LogP contribution in [0.3, 0.4) is 0 Å². The van der Waals surface area contributed by atoms with Gasteiger partial charge in [-0.15, -0.1) is 0 Å². The van der Waals surface area contributed by atoms with Crippen LogP contribution in [-0.4, -0.2) is 42.1 Å². The molecule has 1 aromatic carbocycles. The molecule has 0 saturated carbocycles. The molecular weight excluding hydrogens is 352 g/mol. The standard InChI is InChI=1S/C20H21ClN2O3/c1-25-16-7-4-15(5-8-16)6-9-20(24)23-12-2-3-17(14-23)26-19-10-11-22-13-18(19)21/h4-11,13,17H,2-3,12,14H2,1H3/b9-6+/t17-/m1/s1. The lowest BCUT2D eigenvalue weighted by atomic mass is 10.1. The lowest BCUT2D eigenvalue weighted by molar-refractivity contribution is -0.128. The van der Waals surface area contributed by atoms with Crippen LogP contribution in [0.2, 0.25) is 5.02 Å². The SMILES string of the molecule is COc1ccc(/C=C/C(=O)N2CCC[C@@H](Oc3ccncc3Cl)C2)cc1. The highest BCUT2D eigenvalue weighted by Crippen LogP contribution is 2.25. The fourth-order valence-electron chi connectivity index (χ4n) is 2.86. The Hall–Kier alpha value is -2.53. The molecule has 1 amide bonds. The zero-order valence-electron chi connectivity index (χ0n) is 14.6. The van der Waals surface area contributed by atoms with Crippen molar-refractivity contribution in [2.75, 3.05) is 20.2 Å². The number of hydrogen-bond acceptors (Lipinski definition) is 4. The minimum Gasteiger partial charge on any atom is -0.497 e. The Bertz CT molecular complexity index is 777. The van der Waals surface area contributed by atoms with E-state index >= 15 is 0 Å². The van der Waals surface area contributed by atoms with Crippen molar-refractivity contribution in [2.24, 2.45) is 0 Å². The molecule has 0 spiro atoms. The minimum atomic E-state index is -0.0676. The zero-order valence-corrected chi connectivity index (χ0v) is 15.4. The molecule has 26 heavy (non-hydrogen) atoms. The van der Waals surface area contributed by atoms with Crippen LogP contribution in [0.5, 0.6) is 11.5 Å². The number of amides is 1. The zero-order chi connectivity index (χ0) is 18.4. The van der Waals surface area contributed by atoms with Gasteiger partial charge in [0.2, 0.25) is 5.91 Å². The molecule has 1 saturated heterocycles. The maximum absolute atomic E-state index is 12.5. The summed E-state index contributed by atoms with van der Waals surface area (Å²) in [7, 11) is 1.63. The van der Waals surface area contributed by atoms with Crippen LogP contribution in [-0.2, 0) is 4.79 Å². The summed E-state index contributed by atoms with van der Waals surface area (Å²) >= 11 is 6.09. The number of methoxy groups -OCH3 is 1. The van der Waals surface area contributed by atoms with Gasteiger partial charge < -0.3 is 14.4 Å². The number of halogens is 1. The first-order valence-corrected chi connectivity index (χ1v) is 8.90. The molecule has 0 bridgehead atoms. The summed E-state index contributed by atoms with van der Waals surface area (Å²) in [5.41, 5.74) is 0.951. The van der Waals surface area contributed by atoms with Crippen molar-refractivity contribution in [1.82, 2.24) is 9.88 Å². The number of ether oxygens (including phenoxy) is 2. The third-order valence-corrected chi connectivity index (χ3v) is 4.54. The summed E-state index contributed by atoms with van der Waals surface area (Å²) in [4.78, 5) is 18.2. The Morgan fingerprint density at radius 3 is 2.85 bits per heavy atom. The van der Waals surface area contributed by atoms with Gasteiger partial charge in [0.15, 0.2) is 0 Å². The highest BCUT2D eigenvalue weighted by atomic mass is 35.5. The van der Waals surface area contributed by atoms with Gasteiger partial charge in [0, 0.05) is 31.1 Å². The average molecular weight is 373 g/mol. The number of carbonyl (C=O) groups excluding carboxylic acids is 1. The van der Waals surface area contributed by atoms with E-state index in [-0.39, 0.29) is 12.0 Å². The van der Waals surface area contributed by atoms with E-state index in [1.807, 2.05) is 35.2 Å². The first-order chi connectivity index (χ1) is 12.7. The van der Waals surface area contributed by atoms with E-state index in [4.69, 9.17) is 21.1 Å². The van der Waals surface area contributed by atoms with Gasteiger partial charge in [0.05, 0.1) is 13.7 Å². The van der Waals surface area contributed by atoms with Crippen molar-refractivity contribution in [2.45, 2.75) is 18.9 Å². The minimum absolute atomic E-state index is 0.0186. The largest absolute Gasteiger partial charge is 0.497 e. The summed E-state index contributed by atoms with van der Waals surface area (Å²) < 4.78 is 11.1. The third-order valence-electron chi connectivity index (χ3n) is 4.25. The smallest absolute Gasteiger partial charge is 0.246 e. The molecule has 0 aliphatic carbocycles. The van der Waals surface area contributed by atoms with E-state index in [0.717, 1.165) is 30.7 Å². The molecule has 0 radical (unpaired) electrons. The molecular formula is C20H21ClN2O3. The van der Waals surface area contributed by atoms with E-state index in [1.165, 1.54) is 0 Å². The van der Waals surface area contributed by atoms with Crippen LogP contribution in [0, 0.1) is 0 Å². The Labute approximate surface area is 158 Å². The molecule has 1 atom stereocenters. The molecule has 2 heterocycles. The van der Waals surface area contributed by atoms with Crippen LogP contribution >= 0.6 is 11.6 Å². The molecule has 0 unspecified atom stereocenters.